The maximum atomic E-state index is 12.6. The second-order valence-electron chi connectivity index (χ2n) is 6.31. The van der Waals surface area contributed by atoms with Crippen LogP contribution in [0.5, 0.6) is 0 Å². The molecule has 2 heterocycles. The summed E-state index contributed by atoms with van der Waals surface area (Å²) in [4.78, 5) is 41.4. The summed E-state index contributed by atoms with van der Waals surface area (Å²) in [5.41, 5.74) is 1.11. The van der Waals surface area contributed by atoms with E-state index in [-0.39, 0.29) is 37.6 Å². The van der Waals surface area contributed by atoms with Gasteiger partial charge in [-0.1, -0.05) is 11.6 Å². The van der Waals surface area contributed by atoms with Crippen molar-refractivity contribution in [1.82, 2.24) is 4.98 Å². The van der Waals surface area contributed by atoms with Crippen LogP contribution in [0.25, 0.3) is 0 Å². The van der Waals surface area contributed by atoms with Crippen molar-refractivity contribution in [2.45, 2.75) is 25.8 Å². The van der Waals surface area contributed by atoms with Gasteiger partial charge in [-0.2, -0.15) is 0 Å². The van der Waals surface area contributed by atoms with E-state index in [2.05, 4.69) is 10.3 Å². The summed E-state index contributed by atoms with van der Waals surface area (Å²) in [6, 6.07) is 10.1. The number of aromatic nitrogens is 1. The average Bonchev–Trinajstić information content (AvgIpc) is 3.38. The number of thiazole rings is 1. The number of carboxylic acids is 1. The first-order valence-corrected chi connectivity index (χ1v) is 10.2. The minimum atomic E-state index is -1.06. The highest BCUT2D eigenvalue weighted by Gasteiger charge is 2.22. The van der Waals surface area contributed by atoms with Gasteiger partial charge in [0.05, 0.1) is 31.3 Å². The number of amides is 2. The highest BCUT2D eigenvalue weighted by atomic mass is 35.5. The van der Waals surface area contributed by atoms with Crippen molar-refractivity contribution in [3.05, 3.63) is 64.5 Å². The third-order valence-electron chi connectivity index (χ3n) is 3.99. The first-order chi connectivity index (χ1) is 14.4. The Morgan fingerprint density at radius 3 is 2.60 bits per heavy atom. The molecule has 1 aromatic carbocycles. The Kier molecular flexibility index (Phi) is 7.21. The highest BCUT2D eigenvalue weighted by Crippen LogP contribution is 2.24. The first-order valence-electron chi connectivity index (χ1n) is 8.95. The lowest BCUT2D eigenvalue weighted by molar-refractivity contribution is -0.138. The lowest BCUT2D eigenvalue weighted by Crippen LogP contribution is -2.30. The molecule has 3 rings (SSSR count). The summed E-state index contributed by atoms with van der Waals surface area (Å²) in [5, 5.41) is 14.2. The number of carboxylic acid groups (broad SMARTS) is 1. The van der Waals surface area contributed by atoms with E-state index in [1.54, 1.807) is 41.8 Å². The molecule has 156 valence electrons. The SMILES string of the molecule is O=C(O)CCC(=O)N(Cc1ccco1)c1nc(CC(=O)Nc2ccc(Cl)cc2)cs1. The van der Waals surface area contributed by atoms with Gasteiger partial charge >= 0.3 is 5.97 Å². The maximum Gasteiger partial charge on any atom is 0.303 e. The molecule has 0 saturated heterocycles. The number of furan rings is 1. The number of carbonyl (C=O) groups is 3. The van der Waals surface area contributed by atoms with Crippen LogP contribution in [0.4, 0.5) is 10.8 Å². The molecule has 3 aromatic rings. The van der Waals surface area contributed by atoms with Crippen molar-refractivity contribution in [3.8, 4) is 0 Å². The van der Waals surface area contributed by atoms with E-state index in [1.807, 2.05) is 0 Å². The van der Waals surface area contributed by atoms with Gasteiger partial charge in [0.15, 0.2) is 5.13 Å². The Labute approximate surface area is 181 Å². The smallest absolute Gasteiger partial charge is 0.303 e. The van der Waals surface area contributed by atoms with E-state index in [4.69, 9.17) is 21.1 Å². The van der Waals surface area contributed by atoms with Crippen LogP contribution in [0.3, 0.4) is 0 Å². The molecular formula is C20H18ClN3O5S. The van der Waals surface area contributed by atoms with Crippen molar-refractivity contribution in [1.29, 1.82) is 0 Å². The van der Waals surface area contributed by atoms with Crippen molar-refractivity contribution in [3.63, 3.8) is 0 Å². The van der Waals surface area contributed by atoms with Gasteiger partial charge in [-0.05, 0) is 36.4 Å². The average molecular weight is 448 g/mol. The first kappa shape index (κ1) is 21.5. The van der Waals surface area contributed by atoms with E-state index in [1.165, 1.54) is 22.5 Å². The summed E-state index contributed by atoms with van der Waals surface area (Å²) in [6.07, 6.45) is 1.07. The number of aliphatic carboxylic acids is 1. The largest absolute Gasteiger partial charge is 0.481 e. The fourth-order valence-corrected chi connectivity index (χ4v) is 3.54. The Bertz CT molecular complexity index is 1020. The van der Waals surface area contributed by atoms with Gasteiger partial charge in [0.25, 0.3) is 0 Å². The molecular weight excluding hydrogens is 430 g/mol. The van der Waals surface area contributed by atoms with E-state index in [0.29, 0.717) is 27.3 Å². The van der Waals surface area contributed by atoms with Crippen LogP contribution >= 0.6 is 22.9 Å². The van der Waals surface area contributed by atoms with Crippen LogP contribution in [0, 0.1) is 0 Å². The number of hydrogen-bond donors (Lipinski definition) is 2. The Morgan fingerprint density at radius 2 is 1.93 bits per heavy atom. The second-order valence-corrected chi connectivity index (χ2v) is 7.58. The molecule has 0 fully saturated rings. The molecule has 0 bridgehead atoms. The topological polar surface area (TPSA) is 113 Å². The van der Waals surface area contributed by atoms with Crippen LogP contribution in [0.1, 0.15) is 24.3 Å². The number of hydrogen-bond acceptors (Lipinski definition) is 6. The van der Waals surface area contributed by atoms with Crippen molar-refractivity contribution in [2.75, 3.05) is 10.2 Å². The standard InChI is InChI=1S/C20H18ClN3O5S/c21-13-3-5-14(6-4-13)22-17(25)10-15-12-30-20(23-15)24(11-16-2-1-9-29-16)18(26)7-8-19(27)28/h1-6,9,12H,7-8,10-11H2,(H,22,25)(H,27,28). The highest BCUT2D eigenvalue weighted by molar-refractivity contribution is 7.14. The molecule has 0 spiro atoms. The van der Waals surface area contributed by atoms with Gasteiger partial charge in [-0.3, -0.25) is 19.3 Å². The predicted octanol–water partition coefficient (Wildman–Crippen LogP) is 3.97. The number of benzene rings is 1. The molecule has 0 aliphatic rings. The zero-order chi connectivity index (χ0) is 21.5. The molecule has 8 nitrogen and oxygen atoms in total. The summed E-state index contributed by atoms with van der Waals surface area (Å²) in [7, 11) is 0. The second kappa shape index (κ2) is 10.0. The molecule has 2 amide bonds. The minimum absolute atomic E-state index is 0.0248. The van der Waals surface area contributed by atoms with E-state index >= 15 is 0 Å². The number of halogens is 1. The molecule has 0 atom stereocenters. The molecule has 0 unspecified atom stereocenters. The van der Waals surface area contributed by atoms with Gasteiger partial charge in [-0.15, -0.1) is 11.3 Å². The fourth-order valence-electron chi connectivity index (χ4n) is 2.57. The Hall–Kier alpha value is -3.17. The van der Waals surface area contributed by atoms with E-state index in [0.717, 1.165) is 0 Å². The zero-order valence-corrected chi connectivity index (χ0v) is 17.3. The van der Waals surface area contributed by atoms with Gasteiger partial charge in [-0.25, -0.2) is 4.98 Å². The molecule has 0 aliphatic heterocycles. The Morgan fingerprint density at radius 1 is 1.17 bits per heavy atom. The third kappa shape index (κ3) is 6.16. The number of nitrogens with one attached hydrogen (secondary N) is 1. The van der Waals surface area contributed by atoms with Crippen molar-refractivity contribution >= 4 is 51.5 Å². The zero-order valence-electron chi connectivity index (χ0n) is 15.7. The molecule has 0 radical (unpaired) electrons. The fraction of sp³-hybridized carbons (Fsp3) is 0.200. The van der Waals surface area contributed by atoms with Crippen LogP contribution in [0.2, 0.25) is 5.02 Å². The predicted molar refractivity (Wildman–Crippen MR) is 113 cm³/mol. The molecule has 2 N–H and O–H groups in total. The summed E-state index contributed by atoms with van der Waals surface area (Å²) < 4.78 is 5.30. The normalized spacial score (nSPS) is 10.6. The number of carbonyl (C=O) groups excluding carboxylic acids is 2. The van der Waals surface area contributed by atoms with Crippen LogP contribution < -0.4 is 10.2 Å². The van der Waals surface area contributed by atoms with Crippen LogP contribution in [0.15, 0.2) is 52.5 Å². The van der Waals surface area contributed by atoms with Crippen molar-refractivity contribution < 1.29 is 23.9 Å². The van der Waals surface area contributed by atoms with E-state index in [9.17, 15) is 14.4 Å². The molecule has 0 aliphatic carbocycles. The van der Waals surface area contributed by atoms with Gasteiger partial charge in [0.1, 0.15) is 5.76 Å². The van der Waals surface area contributed by atoms with E-state index < -0.39 is 5.97 Å². The van der Waals surface area contributed by atoms with Gasteiger partial charge in [0.2, 0.25) is 11.8 Å². The Balaban J connectivity index is 1.68. The molecule has 10 heteroatoms. The van der Waals surface area contributed by atoms with Gasteiger partial charge in [0, 0.05) is 22.5 Å². The van der Waals surface area contributed by atoms with Gasteiger partial charge < -0.3 is 14.8 Å². The van der Waals surface area contributed by atoms with Crippen molar-refractivity contribution in [2.24, 2.45) is 0 Å². The lowest BCUT2D eigenvalue weighted by Gasteiger charge is -2.18. The molecule has 30 heavy (non-hydrogen) atoms. The molecule has 2 aromatic heterocycles. The van der Waals surface area contributed by atoms with Crippen LogP contribution in [-0.4, -0.2) is 27.9 Å². The lowest BCUT2D eigenvalue weighted by atomic mass is 10.2. The minimum Gasteiger partial charge on any atom is -0.481 e. The molecule has 0 saturated carbocycles. The number of anilines is 2. The number of rotatable bonds is 9. The van der Waals surface area contributed by atoms with Crippen LogP contribution in [-0.2, 0) is 27.3 Å². The monoisotopic (exact) mass is 447 g/mol. The quantitative estimate of drug-likeness (QED) is 0.513. The third-order valence-corrected chi connectivity index (χ3v) is 5.15. The summed E-state index contributed by atoms with van der Waals surface area (Å²) >= 11 is 7.03. The maximum absolute atomic E-state index is 12.6. The summed E-state index contributed by atoms with van der Waals surface area (Å²) in [6.45, 7) is 0.120. The summed E-state index contributed by atoms with van der Waals surface area (Å²) in [5.74, 6) is -1.17. The number of nitrogens with zero attached hydrogens (tertiary/aromatic N) is 2.